The maximum Gasteiger partial charge on any atom is 0.341 e. The number of carbonyl (C=O) groups excluding carboxylic acids is 1. The van der Waals surface area contributed by atoms with E-state index >= 15 is 0 Å². The molecule has 1 heterocycles. The van der Waals surface area contributed by atoms with E-state index in [0.717, 1.165) is 16.8 Å². The van der Waals surface area contributed by atoms with E-state index < -0.39 is 5.97 Å². The standard InChI is InChI=1S/C18H19NO3/c1-19-12-11-15(16(13-21-2)18(20)22-3)17(19)10-9-14-7-5-4-6-8-14/h4-13H,1-3H3/b10-9-,16-13+. The van der Waals surface area contributed by atoms with Crippen LogP contribution in [0.3, 0.4) is 0 Å². The Balaban J connectivity index is 2.41. The van der Waals surface area contributed by atoms with E-state index in [9.17, 15) is 4.79 Å². The summed E-state index contributed by atoms with van der Waals surface area (Å²) in [6.45, 7) is 0. The Labute approximate surface area is 130 Å². The molecule has 1 aromatic heterocycles. The molecule has 0 aliphatic carbocycles. The van der Waals surface area contributed by atoms with Gasteiger partial charge in [0.1, 0.15) is 5.57 Å². The lowest BCUT2D eigenvalue weighted by molar-refractivity contribution is -0.133. The molecule has 0 atom stereocenters. The minimum absolute atomic E-state index is 0.387. The average molecular weight is 297 g/mol. The normalized spacial score (nSPS) is 11.7. The molecule has 4 nitrogen and oxygen atoms in total. The van der Waals surface area contributed by atoms with Gasteiger partial charge in [0.05, 0.1) is 20.5 Å². The van der Waals surface area contributed by atoms with Gasteiger partial charge in [0.15, 0.2) is 0 Å². The molecule has 22 heavy (non-hydrogen) atoms. The Morgan fingerprint density at radius 1 is 1.09 bits per heavy atom. The van der Waals surface area contributed by atoms with E-state index in [0.29, 0.717) is 5.57 Å². The highest BCUT2D eigenvalue weighted by Crippen LogP contribution is 2.23. The maximum atomic E-state index is 11.9. The molecular weight excluding hydrogens is 278 g/mol. The quantitative estimate of drug-likeness (QED) is 0.483. The van der Waals surface area contributed by atoms with E-state index in [4.69, 9.17) is 9.47 Å². The molecule has 1 aromatic carbocycles. The van der Waals surface area contributed by atoms with Crippen LogP contribution >= 0.6 is 0 Å². The second kappa shape index (κ2) is 7.31. The van der Waals surface area contributed by atoms with Crippen LogP contribution in [-0.2, 0) is 21.3 Å². The average Bonchev–Trinajstić information content (AvgIpc) is 2.91. The molecule has 0 saturated heterocycles. The van der Waals surface area contributed by atoms with Crippen LogP contribution in [0.25, 0.3) is 17.7 Å². The Morgan fingerprint density at radius 2 is 1.82 bits per heavy atom. The summed E-state index contributed by atoms with van der Waals surface area (Å²) in [4.78, 5) is 11.9. The highest BCUT2D eigenvalue weighted by molar-refractivity contribution is 6.17. The van der Waals surface area contributed by atoms with Gasteiger partial charge in [0.25, 0.3) is 0 Å². The molecule has 0 fully saturated rings. The van der Waals surface area contributed by atoms with Crippen LogP contribution in [-0.4, -0.2) is 24.8 Å². The Hall–Kier alpha value is -2.75. The molecule has 4 heteroatoms. The molecular formula is C18H19NO3. The van der Waals surface area contributed by atoms with E-state index in [2.05, 4.69) is 0 Å². The molecule has 2 aromatic rings. The lowest BCUT2D eigenvalue weighted by Crippen LogP contribution is -2.05. The predicted molar refractivity (Wildman–Crippen MR) is 87.8 cm³/mol. The number of nitrogens with zero attached hydrogens (tertiary/aromatic N) is 1. The lowest BCUT2D eigenvalue weighted by Gasteiger charge is -2.06. The number of esters is 1. The number of ether oxygens (including phenoxy) is 2. The van der Waals surface area contributed by atoms with Gasteiger partial charge in [-0.1, -0.05) is 36.4 Å². The predicted octanol–water partition coefficient (Wildman–Crippen LogP) is 3.36. The number of hydrogen-bond acceptors (Lipinski definition) is 3. The molecule has 0 amide bonds. The molecule has 0 spiro atoms. The summed E-state index contributed by atoms with van der Waals surface area (Å²) in [5.74, 6) is -0.428. The second-order valence-electron chi connectivity index (χ2n) is 4.73. The zero-order valence-electron chi connectivity index (χ0n) is 12.9. The van der Waals surface area contributed by atoms with Crippen molar-refractivity contribution in [3.8, 4) is 0 Å². The topological polar surface area (TPSA) is 40.5 Å². The van der Waals surface area contributed by atoms with Crippen LogP contribution in [0.2, 0.25) is 0 Å². The highest BCUT2D eigenvalue weighted by atomic mass is 16.5. The van der Waals surface area contributed by atoms with Crippen LogP contribution in [0.5, 0.6) is 0 Å². The van der Waals surface area contributed by atoms with Gasteiger partial charge in [0.2, 0.25) is 0 Å². The fraction of sp³-hybridized carbons (Fsp3) is 0.167. The van der Waals surface area contributed by atoms with Crippen molar-refractivity contribution in [1.82, 2.24) is 4.57 Å². The molecule has 0 saturated carbocycles. The highest BCUT2D eigenvalue weighted by Gasteiger charge is 2.17. The van der Waals surface area contributed by atoms with Gasteiger partial charge in [-0.15, -0.1) is 0 Å². The number of hydrogen-bond donors (Lipinski definition) is 0. The van der Waals surface area contributed by atoms with Gasteiger partial charge in [-0.2, -0.15) is 0 Å². The van der Waals surface area contributed by atoms with Crippen LogP contribution in [0.1, 0.15) is 16.8 Å². The molecule has 114 valence electrons. The molecule has 0 N–H and O–H groups in total. The monoisotopic (exact) mass is 297 g/mol. The zero-order chi connectivity index (χ0) is 15.9. The van der Waals surface area contributed by atoms with Gasteiger partial charge < -0.3 is 14.0 Å². The van der Waals surface area contributed by atoms with Gasteiger partial charge >= 0.3 is 5.97 Å². The maximum absolute atomic E-state index is 11.9. The first-order chi connectivity index (χ1) is 10.7. The van der Waals surface area contributed by atoms with Crippen LogP contribution < -0.4 is 0 Å². The molecule has 0 aliphatic rings. The number of aryl methyl sites for hydroxylation is 1. The summed E-state index contributed by atoms with van der Waals surface area (Å²) in [7, 11) is 4.79. The number of carbonyl (C=O) groups is 1. The fourth-order valence-corrected chi connectivity index (χ4v) is 2.17. The summed E-state index contributed by atoms with van der Waals surface area (Å²) >= 11 is 0. The third-order valence-electron chi connectivity index (χ3n) is 3.29. The minimum atomic E-state index is -0.428. The van der Waals surface area contributed by atoms with Gasteiger partial charge in [-0.3, -0.25) is 0 Å². The first-order valence-corrected chi connectivity index (χ1v) is 6.87. The molecule has 0 radical (unpaired) electrons. The number of aromatic nitrogens is 1. The Kier molecular flexibility index (Phi) is 5.20. The van der Waals surface area contributed by atoms with Crippen LogP contribution in [0, 0.1) is 0 Å². The van der Waals surface area contributed by atoms with Gasteiger partial charge in [0, 0.05) is 24.5 Å². The number of rotatable bonds is 5. The minimum Gasteiger partial charge on any atom is -0.503 e. The van der Waals surface area contributed by atoms with Crippen LogP contribution in [0.15, 0.2) is 48.9 Å². The molecule has 2 rings (SSSR count). The van der Waals surface area contributed by atoms with Crippen molar-refractivity contribution in [2.75, 3.05) is 14.2 Å². The van der Waals surface area contributed by atoms with Crippen molar-refractivity contribution < 1.29 is 14.3 Å². The third-order valence-corrected chi connectivity index (χ3v) is 3.29. The Morgan fingerprint density at radius 3 is 2.45 bits per heavy atom. The SMILES string of the molecule is CO/C=C(/C(=O)OC)c1ccn(C)c1/C=C\c1ccccc1. The fourth-order valence-electron chi connectivity index (χ4n) is 2.17. The third kappa shape index (κ3) is 3.47. The van der Waals surface area contributed by atoms with E-state index in [1.54, 1.807) is 0 Å². The number of methoxy groups -OCH3 is 2. The molecule has 0 bridgehead atoms. The van der Waals surface area contributed by atoms with Crippen molar-refractivity contribution in [2.45, 2.75) is 0 Å². The summed E-state index contributed by atoms with van der Waals surface area (Å²) < 4.78 is 11.8. The first-order valence-electron chi connectivity index (χ1n) is 6.87. The summed E-state index contributed by atoms with van der Waals surface area (Å²) in [5, 5.41) is 0. The molecule has 0 unspecified atom stereocenters. The second-order valence-corrected chi connectivity index (χ2v) is 4.73. The summed E-state index contributed by atoms with van der Waals surface area (Å²) in [6, 6.07) is 11.8. The van der Waals surface area contributed by atoms with Crippen molar-refractivity contribution in [2.24, 2.45) is 7.05 Å². The van der Waals surface area contributed by atoms with Crippen molar-refractivity contribution >= 4 is 23.7 Å². The van der Waals surface area contributed by atoms with Crippen molar-refractivity contribution in [3.63, 3.8) is 0 Å². The smallest absolute Gasteiger partial charge is 0.341 e. The van der Waals surface area contributed by atoms with E-state index in [-0.39, 0.29) is 0 Å². The van der Waals surface area contributed by atoms with E-state index in [1.165, 1.54) is 20.5 Å². The van der Waals surface area contributed by atoms with Gasteiger partial charge in [-0.25, -0.2) is 4.79 Å². The van der Waals surface area contributed by atoms with E-state index in [1.807, 2.05) is 66.4 Å². The van der Waals surface area contributed by atoms with Crippen molar-refractivity contribution in [3.05, 3.63) is 65.7 Å². The summed E-state index contributed by atoms with van der Waals surface area (Å²) in [5.41, 5.74) is 3.14. The summed E-state index contributed by atoms with van der Waals surface area (Å²) in [6.07, 6.45) is 7.27. The first kappa shape index (κ1) is 15.6. The number of benzene rings is 1. The molecule has 0 aliphatic heterocycles. The van der Waals surface area contributed by atoms with Crippen LogP contribution in [0.4, 0.5) is 0 Å². The van der Waals surface area contributed by atoms with Gasteiger partial charge in [-0.05, 0) is 17.7 Å². The zero-order valence-corrected chi connectivity index (χ0v) is 12.9. The Bertz CT molecular complexity index is 696. The van der Waals surface area contributed by atoms with Crippen molar-refractivity contribution in [1.29, 1.82) is 0 Å². The lowest BCUT2D eigenvalue weighted by atomic mass is 10.1. The largest absolute Gasteiger partial charge is 0.503 e.